The van der Waals surface area contributed by atoms with Gasteiger partial charge in [-0.15, -0.1) is 0 Å². The molecule has 0 aliphatic carbocycles. The second-order valence-electron chi connectivity index (χ2n) is 8.76. The molecule has 9 nitrogen and oxygen atoms in total. The third-order valence-corrected chi connectivity index (χ3v) is 7.85. The van der Waals surface area contributed by atoms with Gasteiger partial charge in [0.15, 0.2) is 22.1 Å². The zero-order valence-electron chi connectivity index (χ0n) is 22.0. The molecule has 206 valence electrons. The summed E-state index contributed by atoms with van der Waals surface area (Å²) in [5, 5.41) is 0.558. The first-order valence-corrected chi connectivity index (χ1v) is 14.1. The summed E-state index contributed by atoms with van der Waals surface area (Å²) in [5.41, 5.74) is 1.10. The molecule has 0 fully saturated rings. The number of esters is 1. The lowest BCUT2D eigenvalue weighted by molar-refractivity contribution is 0.0531. The van der Waals surface area contributed by atoms with E-state index in [-0.39, 0.29) is 45.6 Å². The number of aryl methyl sites for hydroxylation is 1. The first-order valence-electron chi connectivity index (χ1n) is 12.5. The van der Waals surface area contributed by atoms with Crippen molar-refractivity contribution in [2.75, 3.05) is 24.7 Å². The van der Waals surface area contributed by atoms with Gasteiger partial charge in [0, 0.05) is 4.47 Å². The number of amides is 1. The Labute approximate surface area is 242 Å². The van der Waals surface area contributed by atoms with Gasteiger partial charge in [-0.2, -0.15) is 0 Å². The van der Waals surface area contributed by atoms with E-state index < -0.39 is 17.9 Å². The number of rotatable bonds is 9. The number of halogens is 1. The highest BCUT2D eigenvalue weighted by atomic mass is 79.9. The van der Waals surface area contributed by atoms with Crippen molar-refractivity contribution in [3.05, 3.63) is 91.2 Å². The van der Waals surface area contributed by atoms with E-state index in [0.717, 1.165) is 11.3 Å². The van der Waals surface area contributed by atoms with E-state index in [1.807, 2.05) is 6.92 Å². The van der Waals surface area contributed by atoms with Crippen LogP contribution in [0.1, 0.15) is 56.9 Å². The Balaban J connectivity index is 1.74. The zero-order valence-corrected chi connectivity index (χ0v) is 24.4. The lowest BCUT2D eigenvalue weighted by atomic mass is 9.98. The van der Waals surface area contributed by atoms with Crippen molar-refractivity contribution in [3.8, 4) is 11.5 Å². The van der Waals surface area contributed by atoms with Gasteiger partial charge < -0.3 is 18.6 Å². The summed E-state index contributed by atoms with van der Waals surface area (Å²) in [6, 6.07) is 9.35. The molecule has 5 rings (SSSR count). The molecule has 40 heavy (non-hydrogen) atoms. The molecule has 0 spiro atoms. The number of nitrogens with zero attached hydrogens (tertiary/aromatic N) is 2. The number of fused-ring (bicyclic) bond motifs is 2. The summed E-state index contributed by atoms with van der Waals surface area (Å²) in [5.74, 6) is -0.225. The minimum atomic E-state index is -0.907. The Hall–Kier alpha value is -3.96. The fourth-order valence-corrected chi connectivity index (χ4v) is 5.91. The van der Waals surface area contributed by atoms with E-state index >= 15 is 0 Å². The van der Waals surface area contributed by atoms with Crippen LogP contribution in [0.3, 0.4) is 0 Å². The Morgan fingerprint density at radius 2 is 1.95 bits per heavy atom. The predicted octanol–water partition coefficient (Wildman–Crippen LogP) is 6.21. The fourth-order valence-electron chi connectivity index (χ4n) is 4.56. The number of carbonyl (C=O) groups excluding carboxylic acids is 2. The molecule has 0 N–H and O–H groups in total. The van der Waals surface area contributed by atoms with Crippen LogP contribution in [0.2, 0.25) is 0 Å². The minimum absolute atomic E-state index is 0.0831. The maximum atomic E-state index is 13.9. The summed E-state index contributed by atoms with van der Waals surface area (Å²) in [6.07, 6.45) is 1.62. The van der Waals surface area contributed by atoms with Gasteiger partial charge in [0.2, 0.25) is 5.76 Å². The van der Waals surface area contributed by atoms with E-state index in [4.69, 9.17) is 18.6 Å². The van der Waals surface area contributed by atoms with Gasteiger partial charge >= 0.3 is 5.97 Å². The topological polar surface area (TPSA) is 108 Å². The second kappa shape index (κ2) is 11.3. The molecule has 0 saturated heterocycles. The average molecular weight is 625 g/mol. The molecular formula is C29H25BrN2O7S. The van der Waals surface area contributed by atoms with E-state index in [2.05, 4.69) is 27.5 Å². The number of hydrogen-bond acceptors (Lipinski definition) is 9. The van der Waals surface area contributed by atoms with Gasteiger partial charge in [0.25, 0.3) is 5.91 Å². The van der Waals surface area contributed by atoms with Gasteiger partial charge in [0.05, 0.1) is 35.9 Å². The molecule has 1 aliphatic rings. The van der Waals surface area contributed by atoms with Crippen LogP contribution in [0.5, 0.6) is 11.5 Å². The summed E-state index contributed by atoms with van der Waals surface area (Å²) < 4.78 is 23.5. The Bertz CT molecular complexity index is 1710. The highest BCUT2D eigenvalue weighted by Crippen LogP contribution is 2.45. The van der Waals surface area contributed by atoms with Crippen LogP contribution in [0.15, 0.2) is 62.7 Å². The Kier molecular flexibility index (Phi) is 7.77. The van der Waals surface area contributed by atoms with Crippen LogP contribution < -0.4 is 19.8 Å². The molecule has 1 atom stereocenters. The van der Waals surface area contributed by atoms with Gasteiger partial charge in [0.1, 0.15) is 17.1 Å². The summed E-state index contributed by atoms with van der Waals surface area (Å²) in [4.78, 5) is 46.7. The maximum Gasteiger partial charge on any atom is 0.350 e. The van der Waals surface area contributed by atoms with Gasteiger partial charge in [-0.1, -0.05) is 46.0 Å². The second-order valence-corrected chi connectivity index (χ2v) is 10.7. The number of aromatic nitrogens is 1. The monoisotopic (exact) mass is 624 g/mol. The van der Waals surface area contributed by atoms with Crippen LogP contribution in [0.25, 0.3) is 11.0 Å². The molecule has 2 aromatic carbocycles. The number of hydrogen-bond donors (Lipinski definition) is 0. The molecule has 2 aromatic heterocycles. The number of ether oxygens (including phenoxy) is 3. The van der Waals surface area contributed by atoms with Crippen LogP contribution in [-0.4, -0.2) is 36.7 Å². The quantitative estimate of drug-likeness (QED) is 0.160. The van der Waals surface area contributed by atoms with Crippen molar-refractivity contribution in [3.63, 3.8) is 0 Å². The van der Waals surface area contributed by atoms with E-state index in [9.17, 15) is 14.4 Å². The molecule has 11 heteroatoms. The molecule has 1 unspecified atom stereocenters. The number of anilines is 1. The SMILES string of the molecule is C=CCOc1ccc(C2c3c(oc4ccc(Br)cc4c3=O)C(=O)N2c2nc(C)c(C(=O)OCC)s2)cc1OCC. The number of thiazole rings is 1. The van der Waals surface area contributed by atoms with Gasteiger partial charge in [-0.3, -0.25) is 14.5 Å². The van der Waals surface area contributed by atoms with E-state index in [1.54, 1.807) is 56.3 Å². The van der Waals surface area contributed by atoms with Crippen molar-refractivity contribution in [1.29, 1.82) is 0 Å². The van der Waals surface area contributed by atoms with Gasteiger partial charge in [-0.25, -0.2) is 9.78 Å². The van der Waals surface area contributed by atoms with Crippen molar-refractivity contribution < 1.29 is 28.2 Å². The van der Waals surface area contributed by atoms with Crippen LogP contribution in [0, 0.1) is 6.92 Å². The van der Waals surface area contributed by atoms with Crippen LogP contribution >= 0.6 is 27.3 Å². The molecule has 3 heterocycles. The van der Waals surface area contributed by atoms with Gasteiger partial charge in [-0.05, 0) is 56.7 Å². The van der Waals surface area contributed by atoms with Crippen molar-refractivity contribution in [2.45, 2.75) is 26.8 Å². The smallest absolute Gasteiger partial charge is 0.350 e. The minimum Gasteiger partial charge on any atom is -0.490 e. The summed E-state index contributed by atoms with van der Waals surface area (Å²) in [6.45, 7) is 9.75. The summed E-state index contributed by atoms with van der Waals surface area (Å²) >= 11 is 4.43. The van der Waals surface area contributed by atoms with Crippen molar-refractivity contribution in [2.24, 2.45) is 0 Å². The lowest BCUT2D eigenvalue weighted by Gasteiger charge is -2.23. The standard InChI is InChI=1S/C29H25BrN2O7S/c1-5-12-38-20-10-8-16(13-21(20)36-6-2)23-22-24(33)18-14-17(30)9-11-19(18)39-25(22)27(34)32(23)29-31-15(4)26(40-29)28(35)37-7-3/h5,8-11,13-14,23H,1,6-7,12H2,2-4H3. The predicted molar refractivity (Wildman–Crippen MR) is 155 cm³/mol. The molecular weight excluding hydrogens is 600 g/mol. The molecule has 4 aromatic rings. The molecule has 0 radical (unpaired) electrons. The molecule has 1 aliphatic heterocycles. The third kappa shape index (κ3) is 4.79. The number of carbonyl (C=O) groups is 2. The first kappa shape index (κ1) is 27.6. The Morgan fingerprint density at radius 1 is 1.15 bits per heavy atom. The highest BCUT2D eigenvalue weighted by molar-refractivity contribution is 9.10. The van der Waals surface area contributed by atoms with E-state index in [1.165, 1.54) is 4.90 Å². The maximum absolute atomic E-state index is 13.9. The lowest BCUT2D eigenvalue weighted by Crippen LogP contribution is -2.29. The van der Waals surface area contributed by atoms with Crippen LogP contribution in [0.4, 0.5) is 5.13 Å². The average Bonchev–Trinajstić information content (AvgIpc) is 3.46. The van der Waals surface area contributed by atoms with Crippen LogP contribution in [-0.2, 0) is 4.74 Å². The number of benzene rings is 2. The third-order valence-electron chi connectivity index (χ3n) is 6.22. The van der Waals surface area contributed by atoms with E-state index in [0.29, 0.717) is 39.2 Å². The first-order chi connectivity index (χ1) is 19.3. The van der Waals surface area contributed by atoms with Crippen molar-refractivity contribution >= 4 is 55.2 Å². The van der Waals surface area contributed by atoms with Crippen molar-refractivity contribution in [1.82, 2.24) is 4.98 Å². The highest BCUT2D eigenvalue weighted by Gasteiger charge is 2.45. The summed E-state index contributed by atoms with van der Waals surface area (Å²) in [7, 11) is 0. The normalized spacial score (nSPS) is 14.3. The Morgan fingerprint density at radius 3 is 2.67 bits per heavy atom. The fraction of sp³-hybridized carbons (Fsp3) is 0.241. The molecule has 0 bridgehead atoms. The molecule has 0 saturated carbocycles. The zero-order chi connectivity index (χ0) is 28.6. The largest absolute Gasteiger partial charge is 0.490 e. The molecule has 1 amide bonds.